The van der Waals surface area contributed by atoms with E-state index in [0.717, 1.165) is 28.6 Å². The molecule has 0 atom stereocenters. The van der Waals surface area contributed by atoms with Crippen LogP contribution in [-0.2, 0) is 9.47 Å². The minimum absolute atomic E-state index is 0.0977. The lowest BCUT2D eigenvalue weighted by Gasteiger charge is -2.12. The van der Waals surface area contributed by atoms with Crippen molar-refractivity contribution in [3.05, 3.63) is 46.4 Å². The van der Waals surface area contributed by atoms with E-state index in [4.69, 9.17) is 9.47 Å². The first-order valence-electron chi connectivity index (χ1n) is 9.80. The van der Waals surface area contributed by atoms with Crippen LogP contribution in [0.3, 0.4) is 0 Å². The summed E-state index contributed by atoms with van der Waals surface area (Å²) in [6.45, 7) is 3.91. The molecule has 0 unspecified atom stereocenters. The van der Waals surface area contributed by atoms with Gasteiger partial charge in [-0.2, -0.15) is 0 Å². The van der Waals surface area contributed by atoms with Crippen molar-refractivity contribution in [3.63, 3.8) is 0 Å². The number of thiophene rings is 4. The highest BCUT2D eigenvalue weighted by Crippen LogP contribution is 2.40. The van der Waals surface area contributed by atoms with E-state index in [2.05, 4.69) is 9.97 Å². The van der Waals surface area contributed by atoms with Gasteiger partial charge in [0, 0.05) is 18.8 Å². The zero-order valence-electron chi connectivity index (χ0n) is 17.0. The van der Waals surface area contributed by atoms with E-state index < -0.39 is 11.9 Å². The van der Waals surface area contributed by atoms with Crippen molar-refractivity contribution in [2.24, 2.45) is 0 Å². The van der Waals surface area contributed by atoms with Crippen LogP contribution in [-0.4, -0.2) is 35.1 Å². The lowest BCUT2D eigenvalue weighted by Crippen LogP contribution is -2.16. The molecule has 0 amide bonds. The second-order valence-electron chi connectivity index (χ2n) is 6.58. The molecule has 5 aromatic rings. The molecule has 0 aromatic carbocycles. The smallest absolute Gasteiger partial charge is 0.359 e. The second kappa shape index (κ2) is 8.70. The van der Waals surface area contributed by atoms with Crippen molar-refractivity contribution in [1.29, 1.82) is 0 Å². The summed E-state index contributed by atoms with van der Waals surface area (Å²) in [7, 11) is 0. The highest BCUT2D eigenvalue weighted by molar-refractivity contribution is 7.29. The Balaban J connectivity index is 1.76. The van der Waals surface area contributed by atoms with Gasteiger partial charge in [0.1, 0.15) is 11.4 Å². The number of esters is 2. The van der Waals surface area contributed by atoms with E-state index in [1.165, 1.54) is 22.7 Å². The third kappa shape index (κ3) is 3.73. The number of rotatable bonds is 6. The van der Waals surface area contributed by atoms with Gasteiger partial charge >= 0.3 is 11.9 Å². The third-order valence-electron chi connectivity index (χ3n) is 4.58. The average molecular weight is 501 g/mol. The van der Waals surface area contributed by atoms with Crippen LogP contribution in [0.4, 0.5) is 0 Å². The predicted molar refractivity (Wildman–Crippen MR) is 131 cm³/mol. The highest BCUT2D eigenvalue weighted by atomic mass is 32.1. The molecule has 0 radical (unpaired) electrons. The fourth-order valence-electron chi connectivity index (χ4n) is 3.23. The molecule has 6 nitrogen and oxygen atoms in total. The molecule has 0 aliphatic rings. The maximum atomic E-state index is 12.9. The number of hydrogen-bond acceptors (Lipinski definition) is 10. The van der Waals surface area contributed by atoms with Crippen LogP contribution in [0.1, 0.15) is 34.8 Å². The van der Waals surface area contributed by atoms with Crippen molar-refractivity contribution in [2.75, 3.05) is 13.2 Å². The first-order chi connectivity index (χ1) is 15.6. The van der Waals surface area contributed by atoms with Gasteiger partial charge in [-0.15, -0.1) is 45.3 Å². The molecule has 0 bridgehead atoms. The van der Waals surface area contributed by atoms with Gasteiger partial charge in [-0.25, -0.2) is 19.6 Å². The maximum Gasteiger partial charge on any atom is 0.359 e. The van der Waals surface area contributed by atoms with Gasteiger partial charge in [0.05, 0.1) is 23.0 Å². The first kappa shape index (κ1) is 21.2. The summed E-state index contributed by atoms with van der Waals surface area (Å²) in [5.41, 5.74) is 0.866. The lowest BCUT2D eigenvalue weighted by atomic mass is 10.2. The van der Waals surface area contributed by atoms with Crippen LogP contribution in [0.15, 0.2) is 35.0 Å². The summed E-state index contributed by atoms with van der Waals surface area (Å²) in [4.78, 5) is 36.6. The molecule has 0 spiro atoms. The standard InChI is InChI=1S/C22H16N2O4S4/c1-3-27-21(25)19-17(15-9-13-11(31-15)5-7-29-13)24-20(22(26)28-4-2)18(23-19)16-10-14-12(32-16)6-8-30-14/h5-10H,3-4H2,1-2H3. The zero-order chi connectivity index (χ0) is 22.2. The largest absolute Gasteiger partial charge is 0.461 e. The summed E-state index contributed by atoms with van der Waals surface area (Å²) in [6, 6.07) is 7.97. The van der Waals surface area contributed by atoms with Crippen molar-refractivity contribution in [1.82, 2.24) is 9.97 Å². The highest BCUT2D eigenvalue weighted by Gasteiger charge is 2.28. The molecule has 5 heterocycles. The van der Waals surface area contributed by atoms with Gasteiger partial charge in [0.25, 0.3) is 0 Å². The van der Waals surface area contributed by atoms with Gasteiger partial charge in [-0.05, 0) is 48.9 Å². The van der Waals surface area contributed by atoms with Gasteiger partial charge in [-0.3, -0.25) is 0 Å². The Morgan fingerprint density at radius 3 is 1.56 bits per heavy atom. The normalized spacial score (nSPS) is 11.3. The molecular weight excluding hydrogens is 485 g/mol. The summed E-state index contributed by atoms with van der Waals surface area (Å²) in [5, 5.41) is 4.02. The third-order valence-corrected chi connectivity index (χ3v) is 8.78. The van der Waals surface area contributed by atoms with Gasteiger partial charge in [0.2, 0.25) is 0 Å². The summed E-state index contributed by atoms with van der Waals surface area (Å²) in [5.74, 6) is -1.14. The van der Waals surface area contributed by atoms with Crippen LogP contribution >= 0.6 is 45.3 Å². The molecule has 0 fully saturated rings. The molecule has 0 aliphatic heterocycles. The molecule has 0 saturated carbocycles. The molecular formula is C22H16N2O4S4. The SMILES string of the molecule is CCOC(=O)c1nc(-c2cc3sccc3s2)c(C(=O)OCC)nc1-c1cc2sccc2s1. The van der Waals surface area contributed by atoms with E-state index >= 15 is 0 Å². The van der Waals surface area contributed by atoms with Crippen LogP contribution in [0.2, 0.25) is 0 Å². The lowest BCUT2D eigenvalue weighted by molar-refractivity contribution is 0.0502. The number of hydrogen-bond donors (Lipinski definition) is 0. The summed E-state index contributed by atoms with van der Waals surface area (Å²) in [6.07, 6.45) is 0. The molecule has 0 saturated heterocycles. The Morgan fingerprint density at radius 1 is 0.750 bits per heavy atom. The first-order valence-corrected chi connectivity index (χ1v) is 13.2. The predicted octanol–water partition coefficient (Wildman–Crippen LogP) is 6.72. The molecule has 0 aliphatic carbocycles. The molecule has 0 N–H and O–H groups in total. The maximum absolute atomic E-state index is 12.9. The number of ether oxygens (including phenoxy) is 2. The van der Waals surface area contributed by atoms with E-state index in [9.17, 15) is 9.59 Å². The fraction of sp³-hybridized carbons (Fsp3) is 0.182. The monoisotopic (exact) mass is 500 g/mol. The number of carbonyl (C=O) groups excluding carboxylic acids is 2. The molecule has 32 heavy (non-hydrogen) atoms. The number of nitrogens with zero attached hydrogens (tertiary/aromatic N) is 2. The van der Waals surface area contributed by atoms with Gasteiger partial charge in [-0.1, -0.05) is 0 Å². The minimum atomic E-state index is -0.568. The van der Waals surface area contributed by atoms with Crippen LogP contribution in [0.5, 0.6) is 0 Å². The van der Waals surface area contributed by atoms with Crippen molar-refractivity contribution in [2.45, 2.75) is 13.8 Å². The van der Waals surface area contributed by atoms with Crippen molar-refractivity contribution >= 4 is 76.1 Å². The fourth-order valence-corrected chi connectivity index (χ4v) is 7.43. The Hall–Kier alpha value is -2.66. The average Bonchev–Trinajstić information content (AvgIpc) is 3.53. The number of carbonyl (C=O) groups is 2. The number of fused-ring (bicyclic) bond motifs is 2. The van der Waals surface area contributed by atoms with E-state index in [-0.39, 0.29) is 24.6 Å². The summed E-state index contributed by atoms with van der Waals surface area (Å²) < 4.78 is 14.9. The summed E-state index contributed by atoms with van der Waals surface area (Å²) >= 11 is 6.21. The van der Waals surface area contributed by atoms with E-state index in [1.807, 2.05) is 35.0 Å². The molecule has 5 aromatic heterocycles. The molecule has 162 valence electrons. The molecule has 10 heteroatoms. The van der Waals surface area contributed by atoms with Crippen LogP contribution < -0.4 is 0 Å². The quantitative estimate of drug-likeness (QED) is 0.241. The van der Waals surface area contributed by atoms with Crippen molar-refractivity contribution < 1.29 is 19.1 Å². The topological polar surface area (TPSA) is 78.4 Å². The Kier molecular flexibility index (Phi) is 5.76. The van der Waals surface area contributed by atoms with Crippen LogP contribution in [0.25, 0.3) is 39.9 Å². The van der Waals surface area contributed by atoms with E-state index in [1.54, 1.807) is 36.5 Å². The second-order valence-corrected chi connectivity index (χ2v) is 10.6. The van der Waals surface area contributed by atoms with Gasteiger partial charge in [0.15, 0.2) is 11.4 Å². The Bertz CT molecular complexity index is 1290. The Labute approximate surface area is 199 Å². The van der Waals surface area contributed by atoms with Crippen molar-refractivity contribution in [3.8, 4) is 21.1 Å². The Morgan fingerprint density at radius 2 is 1.19 bits per heavy atom. The number of aromatic nitrogens is 2. The zero-order valence-corrected chi connectivity index (χ0v) is 20.3. The minimum Gasteiger partial charge on any atom is -0.461 e. The van der Waals surface area contributed by atoms with Gasteiger partial charge < -0.3 is 9.47 Å². The van der Waals surface area contributed by atoms with Crippen LogP contribution in [0, 0.1) is 0 Å². The van der Waals surface area contributed by atoms with E-state index in [0.29, 0.717) is 11.4 Å². The molecule has 5 rings (SSSR count).